The second kappa shape index (κ2) is 6.64. The molecule has 0 aliphatic heterocycles. The van der Waals surface area contributed by atoms with E-state index in [1.54, 1.807) is 13.2 Å². The molecule has 0 aliphatic carbocycles. The zero-order valence-electron chi connectivity index (χ0n) is 11.5. The van der Waals surface area contributed by atoms with E-state index in [1.807, 2.05) is 37.3 Å². The summed E-state index contributed by atoms with van der Waals surface area (Å²) in [5, 5.41) is 9.99. The second-order valence-electron chi connectivity index (χ2n) is 4.47. The molecular weight excluding hydrogens is 276 g/mol. The molecule has 0 unspecified atom stereocenters. The van der Waals surface area contributed by atoms with Gasteiger partial charge in [-0.05, 0) is 30.7 Å². The predicted octanol–water partition coefficient (Wildman–Crippen LogP) is 3.73. The summed E-state index contributed by atoms with van der Waals surface area (Å²) in [7, 11) is 1.61. The van der Waals surface area contributed by atoms with Crippen molar-refractivity contribution in [2.24, 2.45) is 0 Å². The van der Waals surface area contributed by atoms with Crippen molar-refractivity contribution in [1.29, 1.82) is 0 Å². The van der Waals surface area contributed by atoms with E-state index in [1.165, 1.54) is 0 Å². The molecule has 0 heterocycles. The van der Waals surface area contributed by atoms with Gasteiger partial charge in [0.15, 0.2) is 0 Å². The first-order valence-electron chi connectivity index (χ1n) is 6.30. The molecule has 0 saturated heterocycles. The lowest BCUT2D eigenvalue weighted by Crippen LogP contribution is -2.02. The Morgan fingerprint density at radius 3 is 2.65 bits per heavy atom. The standard InChI is InChI=1S/C16H17ClO3/c1-11-4-3-5-12(9-18)16(11)20-10-13-8-14(17)6-7-15(13)19-2/h3-8,18H,9-10H2,1-2H3. The van der Waals surface area contributed by atoms with Crippen LogP contribution in [-0.2, 0) is 13.2 Å². The van der Waals surface area contributed by atoms with Crippen molar-refractivity contribution in [3.63, 3.8) is 0 Å². The Bertz CT molecular complexity index is 596. The molecule has 0 aliphatic rings. The Kier molecular flexibility index (Phi) is 4.88. The fourth-order valence-electron chi connectivity index (χ4n) is 2.05. The third kappa shape index (κ3) is 3.24. The normalized spacial score (nSPS) is 10.4. The van der Waals surface area contributed by atoms with Gasteiger partial charge in [0.1, 0.15) is 18.1 Å². The molecule has 0 aromatic heterocycles. The van der Waals surface area contributed by atoms with Crippen molar-refractivity contribution in [3.05, 3.63) is 58.1 Å². The Morgan fingerprint density at radius 1 is 1.15 bits per heavy atom. The van der Waals surface area contributed by atoms with Gasteiger partial charge in [0.05, 0.1) is 13.7 Å². The van der Waals surface area contributed by atoms with E-state index in [2.05, 4.69) is 0 Å². The highest BCUT2D eigenvalue weighted by Crippen LogP contribution is 2.27. The average Bonchev–Trinajstić information content (AvgIpc) is 2.46. The van der Waals surface area contributed by atoms with Crippen LogP contribution in [0.3, 0.4) is 0 Å². The third-order valence-electron chi connectivity index (χ3n) is 3.08. The minimum Gasteiger partial charge on any atom is -0.496 e. The highest BCUT2D eigenvalue weighted by molar-refractivity contribution is 6.30. The van der Waals surface area contributed by atoms with Crippen molar-refractivity contribution in [1.82, 2.24) is 0 Å². The van der Waals surface area contributed by atoms with Crippen LogP contribution >= 0.6 is 11.6 Å². The van der Waals surface area contributed by atoms with Gasteiger partial charge < -0.3 is 14.6 Å². The van der Waals surface area contributed by atoms with Crippen LogP contribution in [0.4, 0.5) is 0 Å². The lowest BCUT2D eigenvalue weighted by atomic mass is 10.1. The van der Waals surface area contributed by atoms with E-state index < -0.39 is 0 Å². The van der Waals surface area contributed by atoms with Crippen LogP contribution in [-0.4, -0.2) is 12.2 Å². The maximum atomic E-state index is 9.36. The summed E-state index contributed by atoms with van der Waals surface area (Å²) < 4.78 is 11.1. The van der Waals surface area contributed by atoms with Crippen LogP contribution in [0.2, 0.25) is 5.02 Å². The number of hydrogen-bond acceptors (Lipinski definition) is 3. The molecule has 3 nitrogen and oxygen atoms in total. The summed E-state index contributed by atoms with van der Waals surface area (Å²) in [6, 6.07) is 11.1. The highest BCUT2D eigenvalue weighted by Gasteiger charge is 2.09. The Labute approximate surface area is 123 Å². The first-order valence-corrected chi connectivity index (χ1v) is 6.68. The van der Waals surface area contributed by atoms with Gasteiger partial charge >= 0.3 is 0 Å². The second-order valence-corrected chi connectivity index (χ2v) is 4.90. The van der Waals surface area contributed by atoms with Crippen molar-refractivity contribution in [3.8, 4) is 11.5 Å². The fraction of sp³-hybridized carbons (Fsp3) is 0.250. The number of aliphatic hydroxyl groups is 1. The quantitative estimate of drug-likeness (QED) is 0.912. The number of halogens is 1. The van der Waals surface area contributed by atoms with Crippen LogP contribution in [0.15, 0.2) is 36.4 Å². The van der Waals surface area contributed by atoms with Gasteiger partial charge in [-0.25, -0.2) is 0 Å². The van der Waals surface area contributed by atoms with Crippen LogP contribution in [0, 0.1) is 6.92 Å². The van der Waals surface area contributed by atoms with Gasteiger partial charge in [-0.1, -0.05) is 29.8 Å². The molecule has 0 radical (unpaired) electrons. The maximum absolute atomic E-state index is 9.36. The van der Waals surface area contributed by atoms with Gasteiger partial charge in [-0.2, -0.15) is 0 Å². The van der Waals surface area contributed by atoms with Crippen LogP contribution in [0.1, 0.15) is 16.7 Å². The molecule has 106 valence electrons. The SMILES string of the molecule is COc1ccc(Cl)cc1COc1c(C)cccc1CO. The minimum atomic E-state index is -0.0519. The average molecular weight is 293 g/mol. The van der Waals surface area contributed by atoms with Gasteiger partial charge in [-0.3, -0.25) is 0 Å². The molecule has 1 N–H and O–H groups in total. The molecule has 2 aromatic carbocycles. The number of para-hydroxylation sites is 1. The molecule has 20 heavy (non-hydrogen) atoms. The summed E-state index contributed by atoms with van der Waals surface area (Å²) >= 11 is 5.99. The zero-order valence-corrected chi connectivity index (χ0v) is 12.3. The van der Waals surface area contributed by atoms with Crippen molar-refractivity contribution >= 4 is 11.6 Å². The summed E-state index contributed by atoms with van der Waals surface area (Å²) in [6.07, 6.45) is 0. The maximum Gasteiger partial charge on any atom is 0.128 e. The molecule has 0 spiro atoms. The van der Waals surface area contributed by atoms with E-state index in [4.69, 9.17) is 21.1 Å². The molecule has 0 bridgehead atoms. The van der Waals surface area contributed by atoms with E-state index in [-0.39, 0.29) is 6.61 Å². The van der Waals surface area contributed by atoms with Crippen molar-refractivity contribution in [2.45, 2.75) is 20.1 Å². The van der Waals surface area contributed by atoms with E-state index in [0.29, 0.717) is 17.4 Å². The lowest BCUT2D eigenvalue weighted by molar-refractivity contribution is 0.256. The van der Waals surface area contributed by atoms with Crippen LogP contribution in [0.25, 0.3) is 0 Å². The summed E-state index contributed by atoms with van der Waals surface area (Å²) in [5.74, 6) is 1.44. The molecule has 0 amide bonds. The number of hydrogen-bond donors (Lipinski definition) is 1. The third-order valence-corrected chi connectivity index (χ3v) is 3.31. The van der Waals surface area contributed by atoms with Crippen LogP contribution in [0.5, 0.6) is 11.5 Å². The van der Waals surface area contributed by atoms with Crippen molar-refractivity contribution < 1.29 is 14.6 Å². The summed E-state index contributed by atoms with van der Waals surface area (Å²) in [6.45, 7) is 2.23. The zero-order chi connectivity index (χ0) is 14.5. The predicted molar refractivity (Wildman–Crippen MR) is 79.4 cm³/mol. The Balaban J connectivity index is 2.23. The largest absolute Gasteiger partial charge is 0.496 e. The fourth-order valence-corrected chi connectivity index (χ4v) is 2.25. The number of benzene rings is 2. The Morgan fingerprint density at radius 2 is 1.95 bits per heavy atom. The Hall–Kier alpha value is -1.71. The van der Waals surface area contributed by atoms with Gasteiger partial charge in [0.25, 0.3) is 0 Å². The van der Waals surface area contributed by atoms with Gasteiger partial charge in [-0.15, -0.1) is 0 Å². The topological polar surface area (TPSA) is 38.7 Å². The molecule has 0 atom stereocenters. The number of rotatable bonds is 5. The molecular formula is C16H17ClO3. The minimum absolute atomic E-state index is 0.0519. The van der Waals surface area contributed by atoms with E-state index in [9.17, 15) is 5.11 Å². The number of aryl methyl sites for hydroxylation is 1. The van der Waals surface area contributed by atoms with Crippen LogP contribution < -0.4 is 9.47 Å². The number of aliphatic hydroxyl groups excluding tert-OH is 1. The summed E-state index contributed by atoms with van der Waals surface area (Å²) in [4.78, 5) is 0. The molecule has 0 fully saturated rings. The molecule has 2 aromatic rings. The van der Waals surface area contributed by atoms with Gasteiger partial charge in [0, 0.05) is 16.1 Å². The molecule has 2 rings (SSSR count). The highest BCUT2D eigenvalue weighted by atomic mass is 35.5. The van der Waals surface area contributed by atoms with Crippen molar-refractivity contribution in [2.75, 3.05) is 7.11 Å². The molecule has 4 heteroatoms. The smallest absolute Gasteiger partial charge is 0.128 e. The monoisotopic (exact) mass is 292 g/mol. The first kappa shape index (κ1) is 14.7. The lowest BCUT2D eigenvalue weighted by Gasteiger charge is -2.14. The van der Waals surface area contributed by atoms with E-state index in [0.717, 1.165) is 22.4 Å². The summed E-state index contributed by atoms with van der Waals surface area (Å²) in [5.41, 5.74) is 2.62. The molecule has 0 saturated carbocycles. The number of ether oxygens (including phenoxy) is 2. The number of methoxy groups -OCH3 is 1. The first-order chi connectivity index (χ1) is 9.65. The van der Waals surface area contributed by atoms with Gasteiger partial charge in [0.2, 0.25) is 0 Å². The van der Waals surface area contributed by atoms with E-state index >= 15 is 0 Å².